The van der Waals surface area contributed by atoms with Gasteiger partial charge in [-0.3, -0.25) is 14.4 Å². The standard InChI is InChI=1S/C42H77BN4O9S/c1-8-9-10-11-12-13-14-15-16-17-20-23-57(53,54)28-45-40(52)47-38(31(4)48)35(50)24-29(2)39(51)46-33(21-18-19-22-44)34(49)25-30(3)43-55-37-27-32-26-36(41(32,5)6)42(37,7)56-43/h29-33,36-38,48H,8-28,44H2,1-7H3,(H,46,51)(H2,45,47,52)/t29-,30-,31-,32+,33+,36+,37-,38+,42+/m1/s1. The number of urea groups is 1. The summed E-state index contributed by atoms with van der Waals surface area (Å²) >= 11 is 0. The first kappa shape index (κ1) is 49.3. The SMILES string of the molecule is CCCCCCCCCCCCCS(=O)(=O)CNC(=O)N[C@H](C(=O)C[C@@H](C)C(=O)N[C@@H](CCCCN)C(=O)C[C@@H](C)B1O[C@@H]2C[C@@H]3C[C@@H](C3(C)C)[C@]2(C)O1)[C@@H](C)O. The molecule has 0 unspecified atom stereocenters. The first-order valence-electron chi connectivity index (χ1n) is 22.2. The molecular formula is C42H77BN4O9S. The van der Waals surface area contributed by atoms with Crippen molar-refractivity contribution in [2.24, 2.45) is 28.9 Å². The van der Waals surface area contributed by atoms with Crippen LogP contribution in [-0.2, 0) is 33.5 Å². The largest absolute Gasteiger partial charge is 0.461 e. The molecule has 9 atom stereocenters. The second-order valence-corrected chi connectivity index (χ2v) is 20.6. The first-order valence-corrected chi connectivity index (χ1v) is 24.0. The van der Waals surface area contributed by atoms with Gasteiger partial charge in [0.15, 0.2) is 21.4 Å². The fourth-order valence-electron chi connectivity index (χ4n) is 9.24. The van der Waals surface area contributed by atoms with E-state index >= 15 is 0 Å². The number of unbranched alkanes of at least 4 members (excludes halogenated alkanes) is 11. The van der Waals surface area contributed by atoms with Crippen LogP contribution >= 0.6 is 0 Å². The summed E-state index contributed by atoms with van der Waals surface area (Å²) in [5.41, 5.74) is 5.53. The molecule has 0 radical (unpaired) electrons. The quantitative estimate of drug-likeness (QED) is 0.0440. The van der Waals surface area contributed by atoms with Crippen LogP contribution in [0.2, 0.25) is 5.82 Å². The molecule has 0 aromatic rings. The topological polar surface area (TPSA) is 203 Å². The number of carbonyl (C=O) groups excluding carboxylic acids is 4. The van der Waals surface area contributed by atoms with Gasteiger partial charge in [-0.15, -0.1) is 0 Å². The molecule has 4 rings (SSSR count). The third-order valence-corrected chi connectivity index (χ3v) is 14.7. The van der Waals surface area contributed by atoms with Gasteiger partial charge in [-0.1, -0.05) is 98.8 Å². The summed E-state index contributed by atoms with van der Waals surface area (Å²) in [4.78, 5) is 53.1. The van der Waals surface area contributed by atoms with Crippen molar-refractivity contribution in [3.8, 4) is 0 Å². The fraction of sp³-hybridized carbons (Fsp3) is 0.905. The van der Waals surface area contributed by atoms with E-state index in [9.17, 15) is 32.7 Å². The molecule has 3 amide bonds. The number of nitrogens with one attached hydrogen (secondary N) is 3. The van der Waals surface area contributed by atoms with Gasteiger partial charge in [0.1, 0.15) is 11.9 Å². The first-order chi connectivity index (χ1) is 26.9. The van der Waals surface area contributed by atoms with Crippen LogP contribution in [0.4, 0.5) is 4.79 Å². The van der Waals surface area contributed by atoms with E-state index in [0.717, 1.165) is 38.5 Å². The molecule has 3 aliphatic carbocycles. The van der Waals surface area contributed by atoms with Crippen molar-refractivity contribution in [1.29, 1.82) is 0 Å². The van der Waals surface area contributed by atoms with Crippen molar-refractivity contribution in [2.45, 2.75) is 200 Å². The van der Waals surface area contributed by atoms with Gasteiger partial charge >= 0.3 is 13.1 Å². The average Bonchev–Trinajstić information content (AvgIpc) is 3.52. The Balaban J connectivity index is 1.43. The van der Waals surface area contributed by atoms with Crippen LogP contribution in [-0.4, -0.2) is 92.2 Å². The third-order valence-electron chi connectivity index (χ3n) is 13.2. The highest BCUT2D eigenvalue weighted by atomic mass is 32.2. The highest BCUT2D eigenvalue weighted by Gasteiger charge is 2.68. The number of aliphatic hydroxyl groups excluding tert-OH is 1. The van der Waals surface area contributed by atoms with E-state index in [4.69, 9.17) is 15.0 Å². The Labute approximate surface area is 344 Å². The van der Waals surface area contributed by atoms with Gasteiger partial charge in [0.2, 0.25) is 5.91 Å². The van der Waals surface area contributed by atoms with Gasteiger partial charge in [0.05, 0.1) is 29.6 Å². The maximum Gasteiger partial charge on any atom is 0.461 e. The number of ketones is 2. The number of aliphatic hydroxyl groups is 1. The second-order valence-electron chi connectivity index (χ2n) is 18.4. The summed E-state index contributed by atoms with van der Waals surface area (Å²) in [6.07, 6.45) is 14.4. The molecule has 0 spiro atoms. The van der Waals surface area contributed by atoms with E-state index in [1.54, 1.807) is 6.92 Å². The summed E-state index contributed by atoms with van der Waals surface area (Å²) < 4.78 is 38.1. The van der Waals surface area contributed by atoms with Gasteiger partial charge < -0.3 is 36.1 Å². The van der Waals surface area contributed by atoms with E-state index in [1.807, 2.05) is 6.92 Å². The molecule has 328 valence electrons. The smallest absolute Gasteiger partial charge is 0.405 e. The van der Waals surface area contributed by atoms with Crippen LogP contribution in [0.1, 0.15) is 164 Å². The average molecular weight is 825 g/mol. The number of rotatable bonds is 29. The van der Waals surface area contributed by atoms with Gasteiger partial charge in [0, 0.05) is 18.8 Å². The van der Waals surface area contributed by atoms with Gasteiger partial charge in [0.25, 0.3) is 0 Å². The minimum absolute atomic E-state index is 0.00148. The number of nitrogens with two attached hydrogens (primary N) is 1. The lowest BCUT2D eigenvalue weighted by atomic mass is 9.43. The zero-order chi connectivity index (χ0) is 42.4. The van der Waals surface area contributed by atoms with E-state index in [2.05, 4.69) is 43.6 Å². The minimum Gasteiger partial charge on any atom is -0.405 e. The number of Topliss-reactive ketones (excluding diaryl/α,β-unsaturated/α-hetero) is 2. The molecule has 1 saturated heterocycles. The molecular weight excluding hydrogens is 747 g/mol. The molecule has 4 fully saturated rings. The molecule has 0 aromatic carbocycles. The zero-order valence-electron chi connectivity index (χ0n) is 36.2. The molecule has 2 bridgehead atoms. The van der Waals surface area contributed by atoms with Crippen LogP contribution in [0, 0.1) is 23.2 Å². The number of carbonyl (C=O) groups is 4. The highest BCUT2D eigenvalue weighted by Crippen LogP contribution is 2.66. The summed E-state index contributed by atoms with van der Waals surface area (Å²) in [5.74, 6) is -2.00. The molecule has 3 saturated carbocycles. The Morgan fingerprint density at radius 2 is 1.46 bits per heavy atom. The normalized spacial score (nSPS) is 25.0. The minimum atomic E-state index is -3.57. The number of hydrogen-bond acceptors (Lipinski definition) is 10. The van der Waals surface area contributed by atoms with Crippen molar-refractivity contribution in [3.05, 3.63) is 0 Å². The number of hydrogen-bond donors (Lipinski definition) is 5. The van der Waals surface area contributed by atoms with E-state index in [1.165, 1.54) is 45.4 Å². The highest BCUT2D eigenvalue weighted by molar-refractivity contribution is 7.91. The molecule has 1 aliphatic heterocycles. The fourth-order valence-corrected chi connectivity index (χ4v) is 10.4. The molecule has 15 heteroatoms. The maximum absolute atomic E-state index is 13.7. The van der Waals surface area contributed by atoms with Crippen LogP contribution in [0.3, 0.4) is 0 Å². The predicted octanol–water partition coefficient (Wildman–Crippen LogP) is 6.01. The van der Waals surface area contributed by atoms with Crippen molar-refractivity contribution in [1.82, 2.24) is 16.0 Å². The van der Waals surface area contributed by atoms with Gasteiger partial charge in [-0.25, -0.2) is 13.2 Å². The third kappa shape index (κ3) is 14.6. The van der Waals surface area contributed by atoms with Crippen molar-refractivity contribution < 1.29 is 42.0 Å². The molecule has 1 heterocycles. The van der Waals surface area contributed by atoms with Crippen LogP contribution in [0.25, 0.3) is 0 Å². The molecule has 57 heavy (non-hydrogen) atoms. The van der Waals surface area contributed by atoms with E-state index in [0.29, 0.717) is 44.1 Å². The summed E-state index contributed by atoms with van der Waals surface area (Å²) in [7, 11) is -4.09. The lowest BCUT2D eigenvalue weighted by molar-refractivity contribution is -0.199. The van der Waals surface area contributed by atoms with Gasteiger partial charge in [-0.2, -0.15) is 0 Å². The maximum atomic E-state index is 13.7. The van der Waals surface area contributed by atoms with Crippen LogP contribution < -0.4 is 21.7 Å². The van der Waals surface area contributed by atoms with Crippen molar-refractivity contribution in [3.63, 3.8) is 0 Å². The zero-order valence-corrected chi connectivity index (χ0v) is 37.1. The molecule has 0 aromatic heterocycles. The Morgan fingerprint density at radius 3 is 2.04 bits per heavy atom. The monoisotopic (exact) mass is 825 g/mol. The number of amides is 3. The van der Waals surface area contributed by atoms with Crippen molar-refractivity contribution >= 4 is 40.5 Å². The van der Waals surface area contributed by atoms with Gasteiger partial charge in [-0.05, 0) is 82.0 Å². The van der Waals surface area contributed by atoms with Crippen LogP contribution in [0.5, 0.6) is 0 Å². The summed E-state index contributed by atoms with van der Waals surface area (Å²) in [6.45, 7) is 14.2. The Kier molecular flexibility index (Phi) is 20.0. The second kappa shape index (κ2) is 23.1. The molecule has 6 N–H and O–H groups in total. The lowest BCUT2D eigenvalue weighted by Gasteiger charge is -2.64. The Hall–Kier alpha value is -2.07. The molecule has 4 aliphatic rings. The summed E-state index contributed by atoms with van der Waals surface area (Å²) in [5, 5.41) is 17.9. The number of sulfone groups is 1. The Bertz CT molecular complexity index is 1420. The predicted molar refractivity (Wildman–Crippen MR) is 225 cm³/mol. The van der Waals surface area contributed by atoms with E-state index in [-0.39, 0.29) is 47.3 Å². The van der Waals surface area contributed by atoms with Crippen LogP contribution in [0.15, 0.2) is 0 Å². The molecule has 13 nitrogen and oxygen atoms in total. The summed E-state index contributed by atoms with van der Waals surface area (Å²) in [6, 6.07) is -3.07. The Morgan fingerprint density at radius 1 is 0.842 bits per heavy atom. The van der Waals surface area contributed by atoms with E-state index < -0.39 is 64.7 Å². The van der Waals surface area contributed by atoms with Crippen molar-refractivity contribution in [2.75, 3.05) is 18.2 Å². The lowest BCUT2D eigenvalue weighted by Crippen LogP contribution is -2.65.